The topological polar surface area (TPSA) is 41.0 Å². The van der Waals surface area contributed by atoms with E-state index in [1.54, 1.807) is 0 Å². The molecule has 1 fully saturated rings. The summed E-state index contributed by atoms with van der Waals surface area (Å²) in [5.74, 6) is 1.85. The molecular weight excluding hydrogens is 212 g/mol. The Kier molecular flexibility index (Phi) is 3.94. The van der Waals surface area contributed by atoms with Gasteiger partial charge in [-0.3, -0.25) is 4.98 Å². The third-order valence-corrected chi connectivity index (χ3v) is 3.61. The number of hydrogen-bond acceptors (Lipinski definition) is 4. The number of hydrogen-bond donors (Lipinski definition) is 1. The maximum Gasteiger partial charge on any atom is 0.147 e. The highest BCUT2D eigenvalue weighted by molar-refractivity contribution is 5.37. The minimum Gasteiger partial charge on any atom is -0.355 e. The maximum absolute atomic E-state index is 4.62. The summed E-state index contributed by atoms with van der Waals surface area (Å²) in [6, 6.07) is 0. The number of aryl methyl sites for hydroxylation is 2. The Labute approximate surface area is 103 Å². The number of anilines is 1. The molecule has 4 nitrogen and oxygen atoms in total. The number of aromatic nitrogens is 2. The van der Waals surface area contributed by atoms with E-state index in [0.717, 1.165) is 42.8 Å². The second-order valence-corrected chi connectivity index (χ2v) is 4.89. The van der Waals surface area contributed by atoms with Crippen LogP contribution < -0.4 is 10.2 Å². The molecule has 0 saturated carbocycles. The Morgan fingerprint density at radius 3 is 2.59 bits per heavy atom. The maximum atomic E-state index is 4.62. The van der Waals surface area contributed by atoms with Gasteiger partial charge in [0, 0.05) is 13.1 Å². The molecule has 0 amide bonds. The van der Waals surface area contributed by atoms with Gasteiger partial charge >= 0.3 is 0 Å². The lowest BCUT2D eigenvalue weighted by molar-refractivity contribution is 0.392. The standard InChI is InChI=1S/C13H22N4/c1-10-11(2)16-13(9-15-10)17-6-4-12(5-7-17)8-14-3/h9,12,14H,4-8H2,1-3H3. The molecule has 0 radical (unpaired) electrons. The zero-order chi connectivity index (χ0) is 12.3. The third-order valence-electron chi connectivity index (χ3n) is 3.61. The van der Waals surface area contributed by atoms with E-state index in [4.69, 9.17) is 0 Å². The molecule has 4 heteroatoms. The van der Waals surface area contributed by atoms with Crippen molar-refractivity contribution >= 4 is 5.82 Å². The molecule has 1 aromatic heterocycles. The van der Waals surface area contributed by atoms with Crippen molar-refractivity contribution in [2.45, 2.75) is 26.7 Å². The Morgan fingerprint density at radius 1 is 1.29 bits per heavy atom. The Bertz CT molecular complexity index is 370. The van der Waals surface area contributed by atoms with E-state index >= 15 is 0 Å². The fraction of sp³-hybridized carbons (Fsp3) is 0.692. The molecule has 0 aliphatic carbocycles. The smallest absolute Gasteiger partial charge is 0.147 e. The number of nitrogens with zero attached hydrogens (tertiary/aromatic N) is 3. The molecule has 1 aromatic rings. The Balaban J connectivity index is 1.98. The summed E-state index contributed by atoms with van der Waals surface area (Å²) < 4.78 is 0. The normalized spacial score (nSPS) is 17.5. The molecule has 17 heavy (non-hydrogen) atoms. The van der Waals surface area contributed by atoms with Gasteiger partial charge in [0.05, 0.1) is 17.6 Å². The van der Waals surface area contributed by atoms with Gasteiger partial charge in [0.2, 0.25) is 0 Å². The summed E-state index contributed by atoms with van der Waals surface area (Å²) in [4.78, 5) is 11.4. The van der Waals surface area contributed by atoms with Crippen LogP contribution in [0.4, 0.5) is 5.82 Å². The Hall–Kier alpha value is -1.16. The molecule has 0 atom stereocenters. The van der Waals surface area contributed by atoms with Crippen LogP contribution in [0.25, 0.3) is 0 Å². The molecule has 0 aromatic carbocycles. The summed E-state index contributed by atoms with van der Waals surface area (Å²) in [5, 5.41) is 3.26. The van der Waals surface area contributed by atoms with E-state index < -0.39 is 0 Å². The van der Waals surface area contributed by atoms with Crippen LogP contribution in [-0.4, -0.2) is 36.6 Å². The summed E-state index contributed by atoms with van der Waals surface area (Å²) in [6.07, 6.45) is 4.39. The van der Waals surface area contributed by atoms with E-state index in [1.165, 1.54) is 12.8 Å². The van der Waals surface area contributed by atoms with Gasteiger partial charge in [-0.1, -0.05) is 0 Å². The lowest BCUT2D eigenvalue weighted by Crippen LogP contribution is -2.37. The van der Waals surface area contributed by atoms with Crippen LogP contribution in [0.15, 0.2) is 6.20 Å². The summed E-state index contributed by atoms with van der Waals surface area (Å²) >= 11 is 0. The molecule has 94 valence electrons. The van der Waals surface area contributed by atoms with Crippen molar-refractivity contribution in [3.8, 4) is 0 Å². The van der Waals surface area contributed by atoms with Crippen molar-refractivity contribution < 1.29 is 0 Å². The van der Waals surface area contributed by atoms with Gasteiger partial charge in [-0.2, -0.15) is 0 Å². The van der Waals surface area contributed by atoms with Crippen molar-refractivity contribution in [1.82, 2.24) is 15.3 Å². The molecule has 2 rings (SSSR count). The van der Waals surface area contributed by atoms with Gasteiger partial charge in [-0.05, 0) is 46.2 Å². The molecule has 0 spiro atoms. The van der Waals surface area contributed by atoms with Gasteiger partial charge in [-0.25, -0.2) is 4.98 Å². The fourth-order valence-electron chi connectivity index (χ4n) is 2.34. The first-order chi connectivity index (χ1) is 8.20. The van der Waals surface area contributed by atoms with Crippen LogP contribution >= 0.6 is 0 Å². The molecule has 2 heterocycles. The highest BCUT2D eigenvalue weighted by atomic mass is 15.2. The van der Waals surface area contributed by atoms with Gasteiger partial charge in [-0.15, -0.1) is 0 Å². The van der Waals surface area contributed by atoms with Crippen molar-refractivity contribution in [3.63, 3.8) is 0 Å². The highest BCUT2D eigenvalue weighted by Gasteiger charge is 2.19. The minimum absolute atomic E-state index is 0.816. The van der Waals surface area contributed by atoms with E-state index in [0.29, 0.717) is 0 Å². The molecule has 0 bridgehead atoms. The number of nitrogens with one attached hydrogen (secondary N) is 1. The molecule has 1 saturated heterocycles. The average Bonchev–Trinajstić information content (AvgIpc) is 2.34. The van der Waals surface area contributed by atoms with Crippen molar-refractivity contribution in [2.75, 3.05) is 31.6 Å². The Morgan fingerprint density at radius 2 is 2.00 bits per heavy atom. The predicted molar refractivity (Wildman–Crippen MR) is 70.4 cm³/mol. The van der Waals surface area contributed by atoms with E-state index in [-0.39, 0.29) is 0 Å². The van der Waals surface area contributed by atoms with Crippen molar-refractivity contribution in [3.05, 3.63) is 17.6 Å². The molecular formula is C13H22N4. The summed E-state index contributed by atoms with van der Waals surface area (Å²) in [7, 11) is 2.03. The summed E-state index contributed by atoms with van der Waals surface area (Å²) in [5.41, 5.74) is 2.07. The SMILES string of the molecule is CNCC1CCN(c2cnc(C)c(C)n2)CC1. The number of piperidine rings is 1. The van der Waals surface area contributed by atoms with Crippen LogP contribution in [0.5, 0.6) is 0 Å². The van der Waals surface area contributed by atoms with Crippen molar-refractivity contribution in [1.29, 1.82) is 0 Å². The average molecular weight is 234 g/mol. The zero-order valence-corrected chi connectivity index (χ0v) is 11.0. The molecule has 1 N–H and O–H groups in total. The van der Waals surface area contributed by atoms with Crippen LogP contribution in [0.1, 0.15) is 24.2 Å². The first kappa shape index (κ1) is 12.3. The van der Waals surface area contributed by atoms with E-state index in [1.807, 2.05) is 27.1 Å². The van der Waals surface area contributed by atoms with Gasteiger partial charge in [0.15, 0.2) is 0 Å². The first-order valence-electron chi connectivity index (χ1n) is 6.40. The summed E-state index contributed by atoms with van der Waals surface area (Å²) in [6.45, 7) is 7.37. The molecule has 1 aliphatic rings. The zero-order valence-electron chi connectivity index (χ0n) is 11.0. The van der Waals surface area contributed by atoms with Gasteiger partial charge < -0.3 is 10.2 Å². The monoisotopic (exact) mass is 234 g/mol. The first-order valence-corrected chi connectivity index (χ1v) is 6.40. The van der Waals surface area contributed by atoms with Crippen LogP contribution in [0.2, 0.25) is 0 Å². The second-order valence-electron chi connectivity index (χ2n) is 4.89. The van der Waals surface area contributed by atoms with Gasteiger partial charge in [0.25, 0.3) is 0 Å². The minimum atomic E-state index is 0.816. The van der Waals surface area contributed by atoms with E-state index in [9.17, 15) is 0 Å². The third kappa shape index (κ3) is 2.94. The van der Waals surface area contributed by atoms with Crippen LogP contribution in [0.3, 0.4) is 0 Å². The fourth-order valence-corrected chi connectivity index (χ4v) is 2.34. The largest absolute Gasteiger partial charge is 0.355 e. The quantitative estimate of drug-likeness (QED) is 0.861. The van der Waals surface area contributed by atoms with Gasteiger partial charge in [0.1, 0.15) is 5.82 Å². The van der Waals surface area contributed by atoms with Crippen molar-refractivity contribution in [2.24, 2.45) is 5.92 Å². The lowest BCUT2D eigenvalue weighted by atomic mass is 9.97. The molecule has 0 unspecified atom stereocenters. The van der Waals surface area contributed by atoms with Crippen LogP contribution in [0, 0.1) is 19.8 Å². The highest BCUT2D eigenvalue weighted by Crippen LogP contribution is 2.21. The second kappa shape index (κ2) is 5.45. The van der Waals surface area contributed by atoms with E-state index in [2.05, 4.69) is 20.2 Å². The molecule has 1 aliphatic heterocycles. The number of rotatable bonds is 3. The predicted octanol–water partition coefficient (Wildman–Crippen LogP) is 1.53. The van der Waals surface area contributed by atoms with Crippen LogP contribution in [-0.2, 0) is 0 Å². The lowest BCUT2D eigenvalue weighted by Gasteiger charge is -2.32.